The molecule has 0 aromatic heterocycles. The molecule has 29 heavy (non-hydrogen) atoms. The quantitative estimate of drug-likeness (QED) is 0.816. The summed E-state index contributed by atoms with van der Waals surface area (Å²) in [5, 5.41) is 2.97. The van der Waals surface area contributed by atoms with E-state index in [0.717, 1.165) is 29.0 Å². The number of ether oxygens (including phenoxy) is 1. The lowest BCUT2D eigenvalue weighted by Crippen LogP contribution is -2.38. The van der Waals surface area contributed by atoms with Gasteiger partial charge in [0.25, 0.3) is 11.8 Å². The first-order valence-corrected chi connectivity index (χ1v) is 10.2. The fourth-order valence-electron chi connectivity index (χ4n) is 3.20. The van der Waals surface area contributed by atoms with Crippen LogP contribution in [-0.4, -0.2) is 24.5 Å². The second-order valence-electron chi connectivity index (χ2n) is 8.68. The summed E-state index contributed by atoms with van der Waals surface area (Å²) in [6.07, 6.45) is 0.888. The number of rotatable bonds is 5. The average molecular weight is 395 g/mol. The summed E-state index contributed by atoms with van der Waals surface area (Å²) < 4.78 is 5.63. The van der Waals surface area contributed by atoms with E-state index in [-0.39, 0.29) is 29.9 Å². The largest absolute Gasteiger partial charge is 0.482 e. The van der Waals surface area contributed by atoms with Gasteiger partial charge in [-0.15, -0.1) is 0 Å². The first kappa shape index (κ1) is 20.9. The van der Waals surface area contributed by atoms with Crippen molar-refractivity contribution in [2.45, 2.75) is 59.0 Å². The van der Waals surface area contributed by atoms with Crippen LogP contribution in [0.4, 0.5) is 5.69 Å². The number of anilines is 1. The van der Waals surface area contributed by atoms with E-state index in [1.54, 1.807) is 4.90 Å². The SMILES string of the molecule is CC[C@H](C)NC(=O)c1ccc(CN2C(=O)COc3ccc(C(C)(C)C)cc32)cc1. The normalized spacial score (nSPS) is 14.8. The number of fused-ring (bicyclic) bond motifs is 1. The molecule has 2 aromatic carbocycles. The Balaban J connectivity index is 1.82. The minimum absolute atomic E-state index is 0.0220. The summed E-state index contributed by atoms with van der Waals surface area (Å²) in [5.74, 6) is 0.581. The number of nitrogens with zero attached hydrogens (tertiary/aromatic N) is 1. The second-order valence-corrected chi connectivity index (χ2v) is 8.68. The molecule has 5 nitrogen and oxygen atoms in total. The molecule has 154 valence electrons. The summed E-state index contributed by atoms with van der Waals surface area (Å²) in [6.45, 7) is 10.9. The lowest BCUT2D eigenvalue weighted by atomic mass is 9.86. The Labute approximate surface area is 173 Å². The van der Waals surface area contributed by atoms with Crippen molar-refractivity contribution >= 4 is 17.5 Å². The number of carbonyl (C=O) groups excluding carboxylic acids is 2. The molecule has 0 saturated heterocycles. The lowest BCUT2D eigenvalue weighted by Gasteiger charge is -2.31. The summed E-state index contributed by atoms with van der Waals surface area (Å²) in [7, 11) is 0. The zero-order valence-corrected chi connectivity index (χ0v) is 17.9. The van der Waals surface area contributed by atoms with Crippen molar-refractivity contribution in [2.75, 3.05) is 11.5 Å². The van der Waals surface area contributed by atoms with Crippen LogP contribution in [0.15, 0.2) is 42.5 Å². The Morgan fingerprint density at radius 3 is 2.48 bits per heavy atom. The molecular formula is C24H30N2O3. The number of benzene rings is 2. The van der Waals surface area contributed by atoms with Crippen LogP contribution in [-0.2, 0) is 16.8 Å². The van der Waals surface area contributed by atoms with Crippen LogP contribution in [0.2, 0.25) is 0 Å². The molecule has 1 aliphatic heterocycles. The van der Waals surface area contributed by atoms with Crippen LogP contribution >= 0.6 is 0 Å². The summed E-state index contributed by atoms with van der Waals surface area (Å²) in [4.78, 5) is 26.6. The Morgan fingerprint density at radius 2 is 1.86 bits per heavy atom. The van der Waals surface area contributed by atoms with Crippen molar-refractivity contribution in [3.05, 3.63) is 59.2 Å². The van der Waals surface area contributed by atoms with Gasteiger partial charge in [-0.1, -0.05) is 45.9 Å². The highest BCUT2D eigenvalue weighted by Gasteiger charge is 2.27. The molecule has 1 atom stereocenters. The summed E-state index contributed by atoms with van der Waals surface area (Å²) >= 11 is 0. The molecule has 0 spiro atoms. The number of hydrogen-bond acceptors (Lipinski definition) is 3. The van der Waals surface area contributed by atoms with E-state index in [1.807, 2.05) is 50.2 Å². The monoisotopic (exact) mass is 394 g/mol. The van der Waals surface area contributed by atoms with Crippen LogP contribution < -0.4 is 15.0 Å². The fourth-order valence-corrected chi connectivity index (χ4v) is 3.20. The molecule has 2 amide bonds. The van der Waals surface area contributed by atoms with Crippen LogP contribution in [0.1, 0.15) is 62.5 Å². The first-order valence-electron chi connectivity index (χ1n) is 10.2. The molecule has 5 heteroatoms. The Kier molecular flexibility index (Phi) is 5.96. The van der Waals surface area contributed by atoms with Gasteiger partial charge >= 0.3 is 0 Å². The van der Waals surface area contributed by atoms with Gasteiger partial charge in [0, 0.05) is 11.6 Å². The van der Waals surface area contributed by atoms with E-state index >= 15 is 0 Å². The Hall–Kier alpha value is -2.82. The van der Waals surface area contributed by atoms with Gasteiger partial charge in [0.05, 0.1) is 12.2 Å². The predicted octanol–water partition coefficient (Wildman–Crippen LogP) is 4.44. The molecule has 1 heterocycles. The van der Waals surface area contributed by atoms with Crippen LogP contribution in [0, 0.1) is 0 Å². The second kappa shape index (κ2) is 8.27. The molecule has 0 fully saturated rings. The first-order chi connectivity index (χ1) is 13.7. The maximum atomic E-state index is 12.6. The zero-order valence-electron chi connectivity index (χ0n) is 17.9. The highest BCUT2D eigenvalue weighted by molar-refractivity contribution is 5.98. The van der Waals surface area contributed by atoms with E-state index in [9.17, 15) is 9.59 Å². The maximum Gasteiger partial charge on any atom is 0.265 e. The minimum atomic E-state index is -0.0755. The molecule has 0 radical (unpaired) electrons. The highest BCUT2D eigenvalue weighted by Crippen LogP contribution is 2.37. The maximum absolute atomic E-state index is 12.6. The predicted molar refractivity (Wildman–Crippen MR) is 115 cm³/mol. The van der Waals surface area contributed by atoms with Crippen LogP contribution in [0.3, 0.4) is 0 Å². The molecule has 0 unspecified atom stereocenters. The van der Waals surface area contributed by atoms with Crippen molar-refractivity contribution in [1.29, 1.82) is 0 Å². The van der Waals surface area contributed by atoms with E-state index in [1.165, 1.54) is 0 Å². The van der Waals surface area contributed by atoms with Gasteiger partial charge in [0.15, 0.2) is 6.61 Å². The van der Waals surface area contributed by atoms with Crippen LogP contribution in [0.5, 0.6) is 5.75 Å². The lowest BCUT2D eigenvalue weighted by molar-refractivity contribution is -0.121. The van der Waals surface area contributed by atoms with Crippen molar-refractivity contribution in [2.24, 2.45) is 0 Å². The highest BCUT2D eigenvalue weighted by atomic mass is 16.5. The van der Waals surface area contributed by atoms with Gasteiger partial charge in [-0.2, -0.15) is 0 Å². The van der Waals surface area contributed by atoms with Gasteiger partial charge in [-0.05, 0) is 54.2 Å². The molecule has 0 aliphatic carbocycles. The topological polar surface area (TPSA) is 58.6 Å². The van der Waals surface area contributed by atoms with Gasteiger partial charge in [0.2, 0.25) is 0 Å². The molecule has 1 N–H and O–H groups in total. The Bertz CT molecular complexity index is 897. The van der Waals surface area contributed by atoms with Crippen molar-refractivity contribution in [1.82, 2.24) is 5.32 Å². The van der Waals surface area contributed by atoms with E-state index in [0.29, 0.717) is 12.1 Å². The van der Waals surface area contributed by atoms with Gasteiger partial charge < -0.3 is 15.0 Å². The number of carbonyl (C=O) groups is 2. The summed E-state index contributed by atoms with van der Waals surface area (Å²) in [5.41, 5.74) is 3.51. The van der Waals surface area contributed by atoms with E-state index in [4.69, 9.17) is 4.74 Å². The third-order valence-electron chi connectivity index (χ3n) is 5.31. The van der Waals surface area contributed by atoms with Gasteiger partial charge in [-0.25, -0.2) is 0 Å². The molecule has 1 aliphatic rings. The van der Waals surface area contributed by atoms with Gasteiger partial charge in [-0.3, -0.25) is 9.59 Å². The number of nitrogens with one attached hydrogen (secondary N) is 1. The van der Waals surface area contributed by atoms with E-state index in [2.05, 4.69) is 32.2 Å². The van der Waals surface area contributed by atoms with Crippen molar-refractivity contribution in [3.63, 3.8) is 0 Å². The molecule has 2 aromatic rings. The third kappa shape index (κ3) is 4.78. The van der Waals surface area contributed by atoms with E-state index < -0.39 is 0 Å². The smallest absolute Gasteiger partial charge is 0.265 e. The average Bonchev–Trinajstić information content (AvgIpc) is 2.69. The number of amides is 2. The zero-order chi connectivity index (χ0) is 21.2. The Morgan fingerprint density at radius 1 is 1.17 bits per heavy atom. The van der Waals surface area contributed by atoms with Crippen molar-refractivity contribution in [3.8, 4) is 5.75 Å². The third-order valence-corrected chi connectivity index (χ3v) is 5.31. The molecule has 3 rings (SSSR count). The minimum Gasteiger partial charge on any atom is -0.482 e. The van der Waals surface area contributed by atoms with Crippen LogP contribution in [0.25, 0.3) is 0 Å². The van der Waals surface area contributed by atoms with Crippen molar-refractivity contribution < 1.29 is 14.3 Å². The van der Waals surface area contributed by atoms with Gasteiger partial charge in [0.1, 0.15) is 5.75 Å². The fraction of sp³-hybridized carbons (Fsp3) is 0.417. The molecule has 0 bridgehead atoms. The molecular weight excluding hydrogens is 364 g/mol. The number of hydrogen-bond donors (Lipinski definition) is 1. The standard InChI is InChI=1S/C24H30N2O3/c1-6-16(2)25-23(28)18-9-7-17(8-10-18)14-26-20-13-19(24(3,4)5)11-12-21(20)29-15-22(26)27/h7-13,16H,6,14-15H2,1-5H3,(H,25,28)/t16-/m0/s1. The summed E-state index contributed by atoms with van der Waals surface area (Å²) in [6, 6.07) is 13.6. The molecule has 0 saturated carbocycles.